The molecule has 2 saturated heterocycles. The van der Waals surface area contributed by atoms with Gasteiger partial charge in [-0.15, -0.1) is 0 Å². The highest BCUT2D eigenvalue weighted by Crippen LogP contribution is 2.35. The summed E-state index contributed by atoms with van der Waals surface area (Å²) >= 11 is 0. The molecule has 13 heteroatoms. The molecule has 4 rings (SSSR count). The molecule has 45 heavy (non-hydrogen) atoms. The van der Waals surface area contributed by atoms with E-state index in [0.29, 0.717) is 43.6 Å². The third-order valence-corrected chi connectivity index (χ3v) is 10.2. The fourth-order valence-corrected chi connectivity index (χ4v) is 7.15. The molecule has 2 heterocycles. The molecule has 0 aliphatic carbocycles. The van der Waals surface area contributed by atoms with Crippen molar-refractivity contribution in [3.05, 3.63) is 65.1 Å². The Morgan fingerprint density at radius 2 is 1.78 bits per heavy atom. The van der Waals surface area contributed by atoms with E-state index in [1.807, 2.05) is 19.9 Å². The third-order valence-electron chi connectivity index (χ3n) is 8.66. The van der Waals surface area contributed by atoms with Crippen molar-refractivity contribution in [3.8, 4) is 5.75 Å². The molecule has 0 spiro atoms. The summed E-state index contributed by atoms with van der Waals surface area (Å²) in [6.45, 7) is 6.42. The maximum Gasteiger partial charge on any atom is 0.409 e. The summed E-state index contributed by atoms with van der Waals surface area (Å²) in [5.74, 6) is 0.338. The van der Waals surface area contributed by atoms with Crippen LogP contribution in [0.15, 0.2) is 64.7 Å². The second-order valence-corrected chi connectivity index (χ2v) is 14.4. The van der Waals surface area contributed by atoms with Gasteiger partial charge in [-0.3, -0.25) is 5.32 Å². The predicted molar refractivity (Wildman–Crippen MR) is 167 cm³/mol. The number of fused-ring (bicyclic) bond motifs is 1. The number of aliphatic hydroxyl groups excluding tert-OH is 1. The number of carbonyl (C=O) groups excluding carboxylic acids is 1. The molecule has 0 saturated carbocycles. The van der Waals surface area contributed by atoms with E-state index in [0.717, 1.165) is 0 Å². The summed E-state index contributed by atoms with van der Waals surface area (Å²) in [7, 11) is -2.82. The Labute approximate surface area is 265 Å². The van der Waals surface area contributed by atoms with Crippen LogP contribution in [0.3, 0.4) is 0 Å². The zero-order valence-electron chi connectivity index (χ0n) is 26.3. The van der Waals surface area contributed by atoms with E-state index in [2.05, 4.69) is 15.2 Å². The number of rotatable bonds is 16. The lowest BCUT2D eigenvalue weighted by atomic mass is 9.79. The second-order valence-electron chi connectivity index (χ2n) is 12.7. The van der Waals surface area contributed by atoms with E-state index in [9.17, 15) is 23.2 Å². The molecule has 12 nitrogen and oxygen atoms in total. The summed E-state index contributed by atoms with van der Waals surface area (Å²) in [5.41, 5.74) is -1.55. The molecule has 2 fully saturated rings. The van der Waals surface area contributed by atoms with Crippen LogP contribution in [0.4, 0.5) is 4.79 Å². The molecule has 0 bridgehead atoms. The first-order chi connectivity index (χ1) is 21.4. The average molecular weight is 648 g/mol. The molecule has 1 amide bonds. The topological polar surface area (TPSA) is 162 Å². The first-order valence-corrected chi connectivity index (χ1v) is 16.8. The fourth-order valence-electron chi connectivity index (χ4n) is 5.79. The smallest absolute Gasteiger partial charge is 0.409 e. The van der Waals surface area contributed by atoms with E-state index in [1.165, 1.54) is 31.4 Å². The Morgan fingerprint density at radius 1 is 1.09 bits per heavy atom. The molecule has 3 N–H and O–H groups in total. The molecule has 6 atom stereocenters. The number of nitroso groups, excluding NO2 is 1. The molecule has 0 aromatic heterocycles. The molecular formula is C32H45N3O9S. The third kappa shape index (κ3) is 9.23. The van der Waals surface area contributed by atoms with Crippen LogP contribution in [0, 0.1) is 16.2 Å². The first kappa shape index (κ1) is 34.8. The zero-order valence-corrected chi connectivity index (χ0v) is 27.1. The van der Waals surface area contributed by atoms with Crippen molar-refractivity contribution in [2.75, 3.05) is 20.3 Å². The first-order valence-electron chi connectivity index (χ1n) is 15.3. The minimum Gasteiger partial charge on any atom is -0.497 e. The highest BCUT2D eigenvalue weighted by Gasteiger charge is 2.47. The number of hydrogen-bond donors (Lipinski definition) is 3. The highest BCUT2D eigenvalue weighted by atomic mass is 32.2. The molecule has 2 aromatic rings. The lowest BCUT2D eigenvalue weighted by Crippen LogP contribution is -2.68. The van der Waals surface area contributed by atoms with E-state index in [4.69, 9.17) is 18.9 Å². The number of methoxy groups -OCH3 is 1. The van der Waals surface area contributed by atoms with Gasteiger partial charge in [0.2, 0.25) is 10.0 Å². The monoisotopic (exact) mass is 647 g/mol. The van der Waals surface area contributed by atoms with Gasteiger partial charge in [-0.1, -0.05) is 49.4 Å². The van der Waals surface area contributed by atoms with Crippen LogP contribution < -0.4 is 14.8 Å². The second kappa shape index (κ2) is 15.0. The minimum atomic E-state index is -4.30. The molecule has 2 aromatic carbocycles. The Bertz CT molecular complexity index is 1370. The molecule has 1 unspecified atom stereocenters. The number of alkyl carbamates (subject to hydrolysis) is 1. The van der Waals surface area contributed by atoms with Crippen LogP contribution in [-0.4, -0.2) is 70.1 Å². The van der Waals surface area contributed by atoms with Crippen molar-refractivity contribution in [1.82, 2.24) is 10.0 Å². The van der Waals surface area contributed by atoms with E-state index >= 15 is 0 Å². The largest absolute Gasteiger partial charge is 0.497 e. The normalized spacial score (nSPS) is 22.6. The van der Waals surface area contributed by atoms with Crippen LogP contribution in [0.1, 0.15) is 58.4 Å². The summed E-state index contributed by atoms with van der Waals surface area (Å²) in [6, 6.07) is 14.5. The fraction of sp³-hybridized carbons (Fsp3) is 0.594. The number of benzene rings is 2. The number of hydrogen-bond acceptors (Lipinski definition) is 10. The molecule has 0 radical (unpaired) electrons. The summed E-state index contributed by atoms with van der Waals surface area (Å²) in [4.78, 5) is 24.4. The Kier molecular flexibility index (Phi) is 11.6. The minimum absolute atomic E-state index is 0.0751. The van der Waals surface area contributed by atoms with Crippen molar-refractivity contribution >= 4 is 16.1 Å². The van der Waals surface area contributed by atoms with Gasteiger partial charge < -0.3 is 24.1 Å². The number of nitrogens with one attached hydrogen (secondary N) is 2. The van der Waals surface area contributed by atoms with Gasteiger partial charge in [-0.05, 0) is 74.3 Å². The van der Waals surface area contributed by atoms with Crippen molar-refractivity contribution < 1.29 is 37.3 Å². The summed E-state index contributed by atoms with van der Waals surface area (Å²) < 4.78 is 52.6. The van der Waals surface area contributed by atoms with Crippen LogP contribution in [-0.2, 0) is 30.7 Å². The van der Waals surface area contributed by atoms with Gasteiger partial charge in [-0.25, -0.2) is 13.2 Å². The summed E-state index contributed by atoms with van der Waals surface area (Å²) in [6.07, 6.45) is -0.905. The quantitative estimate of drug-likeness (QED) is 0.176. The van der Waals surface area contributed by atoms with Crippen molar-refractivity contribution in [2.45, 2.75) is 94.4 Å². The SMILES string of the molecule is COc1ccc(S(=O)(=O)N[C@](Cc2ccccc2)(NC(=O)O[C@H]2CO[C@H]3OCC[C@H]32)[C@H](O)CCC(C)(C)CCC(C)N=O)cc1. The molecule has 2 aliphatic heterocycles. The maximum atomic E-state index is 13.9. The van der Waals surface area contributed by atoms with Gasteiger partial charge >= 0.3 is 6.09 Å². The lowest BCUT2D eigenvalue weighted by Gasteiger charge is -2.40. The number of sulfonamides is 1. The molecule has 248 valence electrons. The Balaban J connectivity index is 1.66. The predicted octanol–water partition coefficient (Wildman–Crippen LogP) is 4.50. The van der Waals surface area contributed by atoms with Gasteiger partial charge in [-0.2, -0.15) is 9.63 Å². The molecular weight excluding hydrogens is 602 g/mol. The van der Waals surface area contributed by atoms with Crippen LogP contribution in [0.25, 0.3) is 0 Å². The zero-order chi connectivity index (χ0) is 32.7. The van der Waals surface area contributed by atoms with Gasteiger partial charge in [0.1, 0.15) is 17.5 Å². The van der Waals surface area contributed by atoms with E-state index < -0.39 is 40.3 Å². The van der Waals surface area contributed by atoms with Gasteiger partial charge in [0.05, 0.1) is 43.3 Å². The number of nitrogens with zero attached hydrogens (tertiary/aromatic N) is 1. The number of ether oxygens (including phenoxy) is 4. The standard InChI is InChI=1S/C32H45N3O9S/c1-22(34-38)14-17-31(2,3)18-15-28(36)32(20-23-8-6-5-7-9-23,35-45(39,40)25-12-10-24(41-4)11-13-25)33-30(37)44-27-21-43-29-26(27)16-19-42-29/h5-13,22,26-29,35-36H,14-21H2,1-4H3,(H,33,37)/t22?,26-,27-,28+,29+,32-/m0/s1. The van der Waals surface area contributed by atoms with E-state index in [-0.39, 0.29) is 41.7 Å². The lowest BCUT2D eigenvalue weighted by molar-refractivity contribution is -0.0907. The van der Waals surface area contributed by atoms with Crippen molar-refractivity contribution in [2.24, 2.45) is 16.5 Å². The average Bonchev–Trinajstić information content (AvgIpc) is 3.64. The van der Waals surface area contributed by atoms with Gasteiger partial charge in [0.25, 0.3) is 0 Å². The Morgan fingerprint density at radius 3 is 2.44 bits per heavy atom. The van der Waals surface area contributed by atoms with Crippen molar-refractivity contribution in [3.63, 3.8) is 0 Å². The Hall–Kier alpha value is -3.10. The van der Waals surface area contributed by atoms with Gasteiger partial charge in [0, 0.05) is 6.42 Å². The van der Waals surface area contributed by atoms with Crippen LogP contribution >= 0.6 is 0 Å². The van der Waals surface area contributed by atoms with Gasteiger partial charge in [0.15, 0.2) is 6.29 Å². The number of carbonyl (C=O) groups is 1. The van der Waals surface area contributed by atoms with Crippen LogP contribution in [0.2, 0.25) is 0 Å². The summed E-state index contributed by atoms with van der Waals surface area (Å²) in [5, 5.41) is 17.8. The number of amides is 1. The number of aliphatic hydroxyl groups is 1. The molecule has 2 aliphatic rings. The maximum absolute atomic E-state index is 13.9. The van der Waals surface area contributed by atoms with E-state index in [1.54, 1.807) is 31.2 Å². The highest BCUT2D eigenvalue weighted by molar-refractivity contribution is 7.89. The van der Waals surface area contributed by atoms with Crippen LogP contribution in [0.5, 0.6) is 5.75 Å². The van der Waals surface area contributed by atoms with Crippen molar-refractivity contribution in [1.29, 1.82) is 0 Å².